The molecule has 1 atom stereocenters. The van der Waals surface area contributed by atoms with Gasteiger partial charge in [-0.3, -0.25) is 9.59 Å². The Labute approximate surface area is 151 Å². The second kappa shape index (κ2) is 8.73. The average molecular weight is 362 g/mol. The second-order valence-electron chi connectivity index (χ2n) is 5.62. The maximum absolute atomic E-state index is 11.9. The van der Waals surface area contributed by atoms with E-state index < -0.39 is 17.9 Å². The highest BCUT2D eigenvalue weighted by Crippen LogP contribution is 2.23. The third-order valence-corrected chi connectivity index (χ3v) is 4.40. The first kappa shape index (κ1) is 19.1. The Balaban J connectivity index is 1.81. The number of anilines is 1. The molecule has 0 fully saturated rings. The average Bonchev–Trinajstić information content (AvgIpc) is 2.93. The van der Waals surface area contributed by atoms with Crippen molar-refractivity contribution in [2.24, 2.45) is 0 Å². The van der Waals surface area contributed by atoms with Crippen LogP contribution in [-0.4, -0.2) is 29.7 Å². The molecule has 0 aliphatic rings. The summed E-state index contributed by atoms with van der Waals surface area (Å²) in [7, 11) is 0. The van der Waals surface area contributed by atoms with Gasteiger partial charge < -0.3 is 20.2 Å². The van der Waals surface area contributed by atoms with Crippen molar-refractivity contribution in [1.82, 2.24) is 5.32 Å². The molecule has 2 rings (SSSR count). The first-order valence-electron chi connectivity index (χ1n) is 7.89. The van der Waals surface area contributed by atoms with Crippen LogP contribution >= 0.6 is 11.8 Å². The number of amides is 2. The molecule has 0 radical (unpaired) electrons. The molecule has 25 heavy (non-hydrogen) atoms. The van der Waals surface area contributed by atoms with E-state index in [1.165, 1.54) is 0 Å². The molecule has 0 saturated heterocycles. The van der Waals surface area contributed by atoms with Crippen molar-refractivity contribution in [3.8, 4) is 0 Å². The van der Waals surface area contributed by atoms with Crippen LogP contribution in [0.15, 0.2) is 39.6 Å². The molecule has 6 nitrogen and oxygen atoms in total. The van der Waals surface area contributed by atoms with Gasteiger partial charge in [0, 0.05) is 22.7 Å². The number of hydrogen-bond acceptors (Lipinski definition) is 5. The maximum atomic E-state index is 11.9. The van der Waals surface area contributed by atoms with Gasteiger partial charge in [-0.1, -0.05) is 6.07 Å². The molecule has 0 spiro atoms. The number of carbonyl (C=O) groups excluding carboxylic acids is 2. The van der Waals surface area contributed by atoms with Gasteiger partial charge in [0.15, 0.2) is 0 Å². The molecule has 0 saturated carbocycles. The van der Waals surface area contributed by atoms with Crippen molar-refractivity contribution in [3.63, 3.8) is 0 Å². The lowest BCUT2D eigenvalue weighted by molar-refractivity contribution is -0.136. The summed E-state index contributed by atoms with van der Waals surface area (Å²) in [4.78, 5) is 24.8. The molecule has 1 aromatic heterocycles. The highest BCUT2D eigenvalue weighted by molar-refractivity contribution is 7.98. The summed E-state index contributed by atoms with van der Waals surface area (Å²) in [5.41, 5.74) is 1.27. The van der Waals surface area contributed by atoms with Crippen LogP contribution in [0.1, 0.15) is 29.6 Å². The van der Waals surface area contributed by atoms with E-state index in [-0.39, 0.29) is 6.54 Å². The SMILES string of the molecule is CSc1cccc(NC(=O)C(=O)NCCC(O)c2cc(C)oc2C)c1. The zero-order valence-electron chi connectivity index (χ0n) is 14.5. The van der Waals surface area contributed by atoms with Crippen molar-refractivity contribution in [2.75, 3.05) is 18.1 Å². The van der Waals surface area contributed by atoms with Crippen LogP contribution in [0.3, 0.4) is 0 Å². The van der Waals surface area contributed by atoms with Gasteiger partial charge in [0.05, 0.1) is 6.10 Å². The van der Waals surface area contributed by atoms with Gasteiger partial charge in [-0.2, -0.15) is 0 Å². The molecule has 1 unspecified atom stereocenters. The molecule has 0 aliphatic heterocycles. The van der Waals surface area contributed by atoms with Gasteiger partial charge in [0.25, 0.3) is 0 Å². The molecule has 2 amide bonds. The van der Waals surface area contributed by atoms with E-state index in [1.807, 2.05) is 18.4 Å². The summed E-state index contributed by atoms with van der Waals surface area (Å²) in [6, 6.07) is 9.02. The van der Waals surface area contributed by atoms with Crippen LogP contribution < -0.4 is 10.6 Å². The van der Waals surface area contributed by atoms with E-state index in [0.29, 0.717) is 23.4 Å². The Morgan fingerprint density at radius 1 is 1.24 bits per heavy atom. The summed E-state index contributed by atoms with van der Waals surface area (Å²) < 4.78 is 5.37. The minimum absolute atomic E-state index is 0.182. The lowest BCUT2D eigenvalue weighted by atomic mass is 10.1. The van der Waals surface area contributed by atoms with Crippen molar-refractivity contribution >= 4 is 29.3 Å². The van der Waals surface area contributed by atoms with E-state index >= 15 is 0 Å². The van der Waals surface area contributed by atoms with Crippen LogP contribution in [0.2, 0.25) is 0 Å². The van der Waals surface area contributed by atoms with E-state index in [0.717, 1.165) is 10.7 Å². The van der Waals surface area contributed by atoms with E-state index in [1.54, 1.807) is 43.8 Å². The Morgan fingerprint density at radius 3 is 2.64 bits per heavy atom. The van der Waals surface area contributed by atoms with Crippen LogP contribution in [0, 0.1) is 13.8 Å². The van der Waals surface area contributed by atoms with Crippen molar-refractivity contribution < 1.29 is 19.1 Å². The van der Waals surface area contributed by atoms with Crippen molar-refractivity contribution in [2.45, 2.75) is 31.3 Å². The molecule has 3 N–H and O–H groups in total. The lowest BCUT2D eigenvalue weighted by Crippen LogP contribution is -2.36. The Hall–Kier alpha value is -2.25. The summed E-state index contributed by atoms with van der Waals surface area (Å²) in [5.74, 6) is -0.0879. The van der Waals surface area contributed by atoms with Crippen LogP contribution in [-0.2, 0) is 9.59 Å². The number of benzene rings is 1. The van der Waals surface area contributed by atoms with E-state index in [9.17, 15) is 14.7 Å². The fraction of sp³-hybridized carbons (Fsp3) is 0.333. The van der Waals surface area contributed by atoms with Crippen LogP contribution in [0.5, 0.6) is 0 Å². The molecule has 1 heterocycles. The third kappa shape index (κ3) is 5.37. The highest BCUT2D eigenvalue weighted by Gasteiger charge is 2.17. The standard InChI is InChI=1S/C18H22N2O4S/c1-11-9-15(12(2)24-11)16(21)7-8-19-17(22)18(23)20-13-5-4-6-14(10-13)25-3/h4-6,9-10,16,21H,7-8H2,1-3H3,(H,19,22)(H,20,23). The van der Waals surface area contributed by atoms with Gasteiger partial charge in [-0.15, -0.1) is 11.8 Å². The van der Waals surface area contributed by atoms with Crippen molar-refractivity contribution in [1.29, 1.82) is 0 Å². The molecule has 7 heteroatoms. The number of nitrogens with one attached hydrogen (secondary N) is 2. The van der Waals surface area contributed by atoms with Gasteiger partial charge in [-0.05, 0) is 50.8 Å². The fourth-order valence-corrected chi connectivity index (χ4v) is 2.89. The van der Waals surface area contributed by atoms with Crippen LogP contribution in [0.4, 0.5) is 5.69 Å². The number of rotatable bonds is 6. The normalized spacial score (nSPS) is 11.8. The van der Waals surface area contributed by atoms with Crippen molar-refractivity contribution in [3.05, 3.63) is 47.4 Å². The minimum atomic E-state index is -0.751. The molecule has 2 aromatic rings. The number of furan rings is 1. The molecule has 0 aliphatic carbocycles. The molecular weight excluding hydrogens is 340 g/mol. The van der Waals surface area contributed by atoms with Gasteiger partial charge in [0.1, 0.15) is 11.5 Å². The first-order valence-corrected chi connectivity index (χ1v) is 9.11. The summed E-state index contributed by atoms with van der Waals surface area (Å²) in [5, 5.41) is 15.2. The Bertz CT molecular complexity index is 757. The zero-order chi connectivity index (χ0) is 18.4. The second-order valence-corrected chi connectivity index (χ2v) is 6.49. The quantitative estimate of drug-likeness (QED) is 0.543. The lowest BCUT2D eigenvalue weighted by Gasteiger charge is -2.11. The monoisotopic (exact) mass is 362 g/mol. The maximum Gasteiger partial charge on any atom is 0.313 e. The summed E-state index contributed by atoms with van der Waals surface area (Å²) in [6.07, 6.45) is 1.47. The summed E-state index contributed by atoms with van der Waals surface area (Å²) >= 11 is 1.55. The minimum Gasteiger partial charge on any atom is -0.466 e. The number of aryl methyl sites for hydroxylation is 2. The molecular formula is C18H22N2O4S. The number of hydrogen-bond donors (Lipinski definition) is 3. The largest absolute Gasteiger partial charge is 0.466 e. The predicted octanol–water partition coefficient (Wildman–Crippen LogP) is 2.80. The van der Waals surface area contributed by atoms with Crippen LogP contribution in [0.25, 0.3) is 0 Å². The van der Waals surface area contributed by atoms with E-state index in [2.05, 4.69) is 10.6 Å². The first-order chi connectivity index (χ1) is 11.9. The van der Waals surface area contributed by atoms with E-state index in [4.69, 9.17) is 4.42 Å². The Kier molecular flexibility index (Phi) is 6.66. The van der Waals surface area contributed by atoms with Gasteiger partial charge in [0.2, 0.25) is 0 Å². The summed E-state index contributed by atoms with van der Waals surface area (Å²) in [6.45, 7) is 3.77. The number of aliphatic hydroxyl groups excluding tert-OH is 1. The predicted molar refractivity (Wildman–Crippen MR) is 97.6 cm³/mol. The van der Waals surface area contributed by atoms with Gasteiger partial charge >= 0.3 is 11.8 Å². The van der Waals surface area contributed by atoms with Gasteiger partial charge in [-0.25, -0.2) is 0 Å². The molecule has 0 bridgehead atoms. The molecule has 134 valence electrons. The topological polar surface area (TPSA) is 91.6 Å². The third-order valence-electron chi connectivity index (χ3n) is 3.68. The number of carbonyl (C=O) groups is 2. The number of thioether (sulfide) groups is 1. The fourth-order valence-electron chi connectivity index (χ4n) is 2.43. The zero-order valence-corrected chi connectivity index (χ0v) is 15.3. The number of aliphatic hydroxyl groups is 1. The smallest absolute Gasteiger partial charge is 0.313 e. The Morgan fingerprint density at radius 2 is 2.00 bits per heavy atom. The highest BCUT2D eigenvalue weighted by atomic mass is 32.2. The molecule has 1 aromatic carbocycles.